The Bertz CT molecular complexity index is 546. The van der Waals surface area contributed by atoms with Gasteiger partial charge in [0.25, 0.3) is 5.91 Å². The molecule has 0 spiro atoms. The van der Waals surface area contributed by atoms with Crippen molar-refractivity contribution in [2.75, 3.05) is 31.6 Å². The molecule has 2 heterocycles. The summed E-state index contributed by atoms with van der Waals surface area (Å²) in [5.41, 5.74) is -0.283. The maximum Gasteiger partial charge on any atom is 0.257 e. The van der Waals surface area contributed by atoms with Gasteiger partial charge in [-0.2, -0.15) is 0 Å². The number of carbonyl (C=O) groups excluding carboxylic acids is 1. The van der Waals surface area contributed by atoms with Crippen molar-refractivity contribution in [3.05, 3.63) is 28.7 Å². The van der Waals surface area contributed by atoms with Crippen molar-refractivity contribution >= 4 is 27.5 Å². The summed E-state index contributed by atoms with van der Waals surface area (Å²) in [4.78, 5) is 14.3. The number of anilines is 1. The summed E-state index contributed by atoms with van der Waals surface area (Å²) in [5, 5.41) is 13.9. The third-order valence-electron chi connectivity index (χ3n) is 4.30. The summed E-state index contributed by atoms with van der Waals surface area (Å²) < 4.78 is 6.22. The molecule has 2 N–H and O–H groups in total. The van der Waals surface area contributed by atoms with Gasteiger partial charge in [-0.25, -0.2) is 0 Å². The SMILES string of the molecule is O=C(N1CCCC(Nc2cccc(Br)c2)C1)C1(O)CCOC1. The van der Waals surface area contributed by atoms with Gasteiger partial charge in [-0.05, 0) is 31.0 Å². The summed E-state index contributed by atoms with van der Waals surface area (Å²) in [7, 11) is 0. The highest BCUT2D eigenvalue weighted by Gasteiger charge is 2.43. The van der Waals surface area contributed by atoms with Gasteiger partial charge < -0.3 is 20.1 Å². The van der Waals surface area contributed by atoms with Crippen LogP contribution in [-0.4, -0.2) is 53.9 Å². The molecular formula is C16H21BrN2O3. The van der Waals surface area contributed by atoms with Crippen LogP contribution in [-0.2, 0) is 9.53 Å². The molecule has 1 aromatic rings. The van der Waals surface area contributed by atoms with Crippen LogP contribution in [0.1, 0.15) is 19.3 Å². The van der Waals surface area contributed by atoms with Crippen LogP contribution < -0.4 is 5.32 Å². The molecule has 22 heavy (non-hydrogen) atoms. The van der Waals surface area contributed by atoms with Gasteiger partial charge in [-0.1, -0.05) is 22.0 Å². The molecule has 2 fully saturated rings. The number of amides is 1. The van der Waals surface area contributed by atoms with Gasteiger partial charge in [0.05, 0.1) is 13.2 Å². The molecule has 0 aliphatic carbocycles. The van der Waals surface area contributed by atoms with Crippen molar-refractivity contribution in [2.45, 2.75) is 30.9 Å². The van der Waals surface area contributed by atoms with E-state index in [2.05, 4.69) is 21.2 Å². The number of hydrogen-bond donors (Lipinski definition) is 2. The molecule has 2 aliphatic rings. The summed E-state index contributed by atoms with van der Waals surface area (Å²) in [6, 6.07) is 8.22. The molecule has 2 atom stereocenters. The average molecular weight is 369 g/mol. The predicted octanol–water partition coefficient (Wildman–Crippen LogP) is 2.00. The highest BCUT2D eigenvalue weighted by Crippen LogP contribution is 2.25. The number of nitrogens with one attached hydrogen (secondary N) is 1. The third kappa shape index (κ3) is 3.45. The summed E-state index contributed by atoms with van der Waals surface area (Å²) in [5.74, 6) is -0.189. The molecule has 0 bridgehead atoms. The van der Waals surface area contributed by atoms with Crippen LogP contribution in [0.2, 0.25) is 0 Å². The van der Waals surface area contributed by atoms with Crippen molar-refractivity contribution in [1.29, 1.82) is 0 Å². The molecule has 2 unspecified atom stereocenters. The Morgan fingerprint density at radius 3 is 3.09 bits per heavy atom. The normalized spacial score (nSPS) is 28.6. The highest BCUT2D eigenvalue weighted by molar-refractivity contribution is 9.10. The molecule has 3 rings (SSSR count). The van der Waals surface area contributed by atoms with E-state index in [4.69, 9.17) is 4.74 Å². The van der Waals surface area contributed by atoms with E-state index in [0.29, 0.717) is 26.1 Å². The van der Waals surface area contributed by atoms with Gasteiger partial charge in [0.1, 0.15) is 0 Å². The summed E-state index contributed by atoms with van der Waals surface area (Å²) in [6.45, 7) is 1.90. The van der Waals surface area contributed by atoms with E-state index in [0.717, 1.165) is 23.0 Å². The van der Waals surface area contributed by atoms with Gasteiger partial charge in [0, 0.05) is 35.7 Å². The quantitative estimate of drug-likeness (QED) is 0.856. The maximum absolute atomic E-state index is 12.5. The molecule has 6 heteroatoms. The number of rotatable bonds is 3. The lowest BCUT2D eigenvalue weighted by atomic mass is 9.98. The van der Waals surface area contributed by atoms with Crippen LogP contribution in [0, 0.1) is 0 Å². The lowest BCUT2D eigenvalue weighted by Crippen LogP contribution is -2.54. The predicted molar refractivity (Wildman–Crippen MR) is 87.8 cm³/mol. The Hall–Kier alpha value is -1.11. The Balaban J connectivity index is 1.63. The number of piperidine rings is 1. The minimum Gasteiger partial charge on any atom is -0.380 e. The van der Waals surface area contributed by atoms with Gasteiger partial charge >= 0.3 is 0 Å². The Labute approximate surface area is 138 Å². The van der Waals surface area contributed by atoms with Crippen molar-refractivity contribution in [1.82, 2.24) is 4.90 Å². The molecule has 5 nitrogen and oxygen atoms in total. The first kappa shape index (κ1) is 15.8. The molecule has 0 saturated carbocycles. The molecule has 1 amide bonds. The largest absolute Gasteiger partial charge is 0.380 e. The van der Waals surface area contributed by atoms with Crippen LogP contribution in [0.25, 0.3) is 0 Å². The van der Waals surface area contributed by atoms with E-state index in [1.165, 1.54) is 0 Å². The molecule has 120 valence electrons. The second-order valence-corrected chi connectivity index (χ2v) is 6.99. The van der Waals surface area contributed by atoms with E-state index < -0.39 is 5.60 Å². The first-order valence-corrected chi connectivity index (χ1v) is 8.48. The maximum atomic E-state index is 12.5. The van der Waals surface area contributed by atoms with Gasteiger partial charge in [0.15, 0.2) is 5.60 Å². The van der Waals surface area contributed by atoms with E-state index in [1.807, 2.05) is 24.3 Å². The lowest BCUT2D eigenvalue weighted by Gasteiger charge is -2.37. The fourth-order valence-corrected chi connectivity index (χ4v) is 3.51. The van der Waals surface area contributed by atoms with Crippen LogP contribution in [0.4, 0.5) is 5.69 Å². The molecule has 2 aliphatic heterocycles. The molecule has 2 saturated heterocycles. The molecule has 0 radical (unpaired) electrons. The smallest absolute Gasteiger partial charge is 0.257 e. The zero-order valence-corrected chi connectivity index (χ0v) is 14.0. The number of likely N-dealkylation sites (tertiary alicyclic amines) is 1. The zero-order valence-electron chi connectivity index (χ0n) is 12.4. The van der Waals surface area contributed by atoms with E-state index in [-0.39, 0.29) is 18.6 Å². The topological polar surface area (TPSA) is 61.8 Å². The van der Waals surface area contributed by atoms with Gasteiger partial charge in [-0.3, -0.25) is 4.79 Å². The minimum atomic E-state index is -1.32. The minimum absolute atomic E-state index is 0.117. The Kier molecular flexibility index (Phi) is 4.70. The Morgan fingerprint density at radius 2 is 2.36 bits per heavy atom. The number of nitrogens with zero attached hydrogens (tertiary/aromatic N) is 1. The average Bonchev–Trinajstić information content (AvgIpc) is 2.95. The standard InChI is InChI=1S/C16H21BrN2O3/c17-12-3-1-4-13(9-12)18-14-5-2-7-19(10-14)15(20)16(21)6-8-22-11-16/h1,3-4,9,14,18,21H,2,5-8,10-11H2. The number of hydrogen-bond acceptors (Lipinski definition) is 4. The van der Waals surface area contributed by atoms with Crippen molar-refractivity contribution in [3.8, 4) is 0 Å². The monoisotopic (exact) mass is 368 g/mol. The first-order chi connectivity index (χ1) is 10.6. The van der Waals surface area contributed by atoms with E-state index >= 15 is 0 Å². The van der Waals surface area contributed by atoms with Crippen LogP contribution >= 0.6 is 15.9 Å². The van der Waals surface area contributed by atoms with Crippen molar-refractivity contribution < 1.29 is 14.6 Å². The number of ether oxygens (including phenoxy) is 1. The highest BCUT2D eigenvalue weighted by atomic mass is 79.9. The fraction of sp³-hybridized carbons (Fsp3) is 0.562. The Morgan fingerprint density at radius 1 is 1.50 bits per heavy atom. The summed E-state index contributed by atoms with van der Waals surface area (Å²) in [6.07, 6.45) is 2.35. The van der Waals surface area contributed by atoms with Gasteiger partial charge in [0.2, 0.25) is 0 Å². The van der Waals surface area contributed by atoms with Gasteiger partial charge in [-0.15, -0.1) is 0 Å². The number of carbonyl (C=O) groups is 1. The summed E-state index contributed by atoms with van der Waals surface area (Å²) >= 11 is 3.46. The first-order valence-electron chi connectivity index (χ1n) is 7.68. The third-order valence-corrected chi connectivity index (χ3v) is 4.80. The van der Waals surface area contributed by atoms with Crippen molar-refractivity contribution in [3.63, 3.8) is 0 Å². The molecule has 0 aromatic heterocycles. The molecular weight excluding hydrogens is 348 g/mol. The van der Waals surface area contributed by atoms with E-state index in [1.54, 1.807) is 4.90 Å². The van der Waals surface area contributed by atoms with Crippen LogP contribution in [0.15, 0.2) is 28.7 Å². The van der Waals surface area contributed by atoms with Crippen LogP contribution in [0.3, 0.4) is 0 Å². The van der Waals surface area contributed by atoms with Crippen LogP contribution in [0.5, 0.6) is 0 Å². The van der Waals surface area contributed by atoms with E-state index in [9.17, 15) is 9.90 Å². The zero-order chi connectivity index (χ0) is 15.6. The second-order valence-electron chi connectivity index (χ2n) is 6.08. The number of halogens is 1. The number of aliphatic hydroxyl groups is 1. The number of benzene rings is 1. The van der Waals surface area contributed by atoms with Crippen molar-refractivity contribution in [2.24, 2.45) is 0 Å². The fourth-order valence-electron chi connectivity index (χ4n) is 3.11. The molecule has 1 aromatic carbocycles. The lowest BCUT2D eigenvalue weighted by molar-refractivity contribution is -0.152. The second kappa shape index (κ2) is 6.56.